The van der Waals surface area contributed by atoms with E-state index >= 15 is 0 Å². The van der Waals surface area contributed by atoms with Crippen molar-refractivity contribution in [2.45, 2.75) is 18.9 Å². The smallest absolute Gasteiger partial charge is 0.409 e. The van der Waals surface area contributed by atoms with E-state index in [0.29, 0.717) is 12.0 Å². The molecule has 2 bridgehead atoms. The summed E-state index contributed by atoms with van der Waals surface area (Å²) in [4.78, 5) is 13.3. The number of hydrogen-bond acceptors (Lipinski definition) is 3. The number of ether oxygens (including phenoxy) is 1. The van der Waals surface area contributed by atoms with Crippen LogP contribution in [0, 0.1) is 5.92 Å². The SMILES string of the molecule is COC(=O)N1CC2CCC1CNC2. The maximum absolute atomic E-state index is 11.4. The van der Waals surface area contributed by atoms with Gasteiger partial charge >= 0.3 is 6.09 Å². The highest BCUT2D eigenvalue weighted by atomic mass is 16.5. The number of nitrogens with one attached hydrogen (secondary N) is 1. The van der Waals surface area contributed by atoms with Crippen molar-refractivity contribution in [3.63, 3.8) is 0 Å². The molecule has 4 nitrogen and oxygen atoms in total. The van der Waals surface area contributed by atoms with Gasteiger partial charge in [0.15, 0.2) is 0 Å². The van der Waals surface area contributed by atoms with Crippen LogP contribution >= 0.6 is 0 Å². The van der Waals surface area contributed by atoms with Gasteiger partial charge in [0, 0.05) is 19.1 Å². The molecule has 1 amide bonds. The highest BCUT2D eigenvalue weighted by Crippen LogP contribution is 2.24. The number of hydrogen-bond donors (Lipinski definition) is 1. The molecule has 3 aliphatic rings. The predicted octanol–water partition coefficient (Wildman–Crippen LogP) is 0.437. The van der Waals surface area contributed by atoms with Crippen molar-refractivity contribution in [3.8, 4) is 0 Å². The van der Waals surface area contributed by atoms with Crippen LogP contribution in [0.2, 0.25) is 0 Å². The van der Waals surface area contributed by atoms with Gasteiger partial charge in [0.25, 0.3) is 0 Å². The standard InChI is InChI=1S/C9H16N2O2/c1-13-9(12)11-6-7-2-3-8(11)5-10-4-7/h7-8,10H,2-6H2,1H3. The Hall–Kier alpha value is -0.770. The van der Waals surface area contributed by atoms with E-state index in [-0.39, 0.29) is 6.09 Å². The molecule has 74 valence electrons. The summed E-state index contributed by atoms with van der Waals surface area (Å²) in [7, 11) is 1.45. The number of rotatable bonds is 0. The van der Waals surface area contributed by atoms with Crippen molar-refractivity contribution < 1.29 is 9.53 Å². The van der Waals surface area contributed by atoms with Gasteiger partial charge in [0.05, 0.1) is 7.11 Å². The molecular formula is C9H16N2O2. The van der Waals surface area contributed by atoms with E-state index in [1.165, 1.54) is 13.5 Å². The molecule has 13 heavy (non-hydrogen) atoms. The van der Waals surface area contributed by atoms with Crippen LogP contribution in [0.5, 0.6) is 0 Å². The maximum Gasteiger partial charge on any atom is 0.409 e. The Morgan fingerprint density at radius 3 is 3.08 bits per heavy atom. The Balaban J connectivity index is 2.08. The van der Waals surface area contributed by atoms with E-state index in [2.05, 4.69) is 5.32 Å². The zero-order valence-electron chi connectivity index (χ0n) is 7.95. The van der Waals surface area contributed by atoms with Gasteiger partial charge in [0.1, 0.15) is 0 Å². The van der Waals surface area contributed by atoms with Gasteiger partial charge in [-0.15, -0.1) is 0 Å². The first kappa shape index (κ1) is 8.81. The zero-order valence-corrected chi connectivity index (χ0v) is 7.95. The predicted molar refractivity (Wildman–Crippen MR) is 48.5 cm³/mol. The summed E-state index contributed by atoms with van der Waals surface area (Å²) in [5.41, 5.74) is 0. The van der Waals surface area contributed by atoms with Crippen molar-refractivity contribution in [2.24, 2.45) is 5.92 Å². The van der Waals surface area contributed by atoms with Crippen LogP contribution in [-0.4, -0.2) is 43.8 Å². The van der Waals surface area contributed by atoms with Crippen molar-refractivity contribution >= 4 is 6.09 Å². The summed E-state index contributed by atoms with van der Waals surface area (Å²) < 4.78 is 4.76. The number of amides is 1. The van der Waals surface area contributed by atoms with E-state index in [0.717, 1.165) is 26.1 Å². The fourth-order valence-electron chi connectivity index (χ4n) is 2.28. The van der Waals surface area contributed by atoms with Gasteiger partial charge in [0.2, 0.25) is 0 Å². The largest absolute Gasteiger partial charge is 0.453 e. The lowest BCUT2D eigenvalue weighted by Gasteiger charge is -2.34. The fraction of sp³-hybridized carbons (Fsp3) is 0.889. The third kappa shape index (κ3) is 1.63. The molecule has 0 saturated carbocycles. The molecule has 0 aromatic rings. The van der Waals surface area contributed by atoms with Crippen LogP contribution in [0.3, 0.4) is 0 Å². The highest BCUT2D eigenvalue weighted by molar-refractivity contribution is 5.68. The second kappa shape index (κ2) is 3.54. The molecule has 0 radical (unpaired) electrons. The summed E-state index contributed by atoms with van der Waals surface area (Å²) in [5.74, 6) is 0.623. The summed E-state index contributed by atoms with van der Waals surface area (Å²) >= 11 is 0. The van der Waals surface area contributed by atoms with Gasteiger partial charge in [-0.2, -0.15) is 0 Å². The summed E-state index contributed by atoms with van der Waals surface area (Å²) in [6, 6.07) is 0.353. The monoisotopic (exact) mass is 184 g/mol. The Morgan fingerprint density at radius 2 is 2.31 bits per heavy atom. The highest BCUT2D eigenvalue weighted by Gasteiger charge is 2.34. The maximum atomic E-state index is 11.4. The summed E-state index contributed by atoms with van der Waals surface area (Å²) in [5, 5.41) is 3.37. The van der Waals surface area contributed by atoms with Crippen LogP contribution < -0.4 is 5.32 Å². The van der Waals surface area contributed by atoms with Crippen molar-refractivity contribution in [3.05, 3.63) is 0 Å². The van der Waals surface area contributed by atoms with E-state index in [4.69, 9.17) is 4.74 Å². The molecule has 3 heterocycles. The molecule has 0 aromatic heterocycles. The average molecular weight is 184 g/mol. The normalized spacial score (nSPS) is 32.8. The lowest BCUT2D eigenvalue weighted by atomic mass is 9.95. The molecule has 3 saturated heterocycles. The minimum Gasteiger partial charge on any atom is -0.453 e. The lowest BCUT2D eigenvalue weighted by Crippen LogP contribution is -2.47. The number of methoxy groups -OCH3 is 1. The van der Waals surface area contributed by atoms with Crippen molar-refractivity contribution in [1.29, 1.82) is 0 Å². The average Bonchev–Trinajstić information content (AvgIpc) is 2.50. The Kier molecular flexibility index (Phi) is 2.40. The van der Waals surface area contributed by atoms with Crippen LogP contribution in [0.15, 0.2) is 0 Å². The number of carbonyl (C=O) groups excluding carboxylic acids is 1. The quantitative estimate of drug-likeness (QED) is 0.594. The van der Waals surface area contributed by atoms with E-state index < -0.39 is 0 Å². The number of fused-ring (bicyclic) bond motifs is 4. The van der Waals surface area contributed by atoms with E-state index in [1.807, 2.05) is 4.90 Å². The topological polar surface area (TPSA) is 41.6 Å². The molecule has 0 aliphatic carbocycles. The Bertz CT molecular complexity index is 204. The second-order valence-electron chi connectivity index (χ2n) is 3.88. The van der Waals surface area contributed by atoms with Gasteiger partial charge in [-0.05, 0) is 25.3 Å². The number of nitrogens with zero attached hydrogens (tertiary/aromatic N) is 1. The lowest BCUT2D eigenvalue weighted by molar-refractivity contribution is 0.0846. The third-order valence-corrected chi connectivity index (χ3v) is 3.03. The van der Waals surface area contributed by atoms with Crippen molar-refractivity contribution in [1.82, 2.24) is 10.2 Å². The minimum atomic E-state index is -0.168. The van der Waals surface area contributed by atoms with Crippen LogP contribution in [0.25, 0.3) is 0 Å². The van der Waals surface area contributed by atoms with E-state index in [9.17, 15) is 4.79 Å². The molecule has 0 aromatic carbocycles. The minimum absolute atomic E-state index is 0.168. The first-order valence-electron chi connectivity index (χ1n) is 4.86. The van der Waals surface area contributed by atoms with Gasteiger partial charge < -0.3 is 15.0 Å². The van der Waals surface area contributed by atoms with Gasteiger partial charge in [-0.3, -0.25) is 0 Å². The summed E-state index contributed by atoms with van der Waals surface area (Å²) in [6.45, 7) is 2.83. The van der Waals surface area contributed by atoms with Crippen LogP contribution in [0.4, 0.5) is 4.79 Å². The van der Waals surface area contributed by atoms with Gasteiger partial charge in [-0.25, -0.2) is 4.79 Å². The number of piperidine rings is 1. The number of carbonyl (C=O) groups is 1. The van der Waals surface area contributed by atoms with Crippen LogP contribution in [-0.2, 0) is 4.74 Å². The van der Waals surface area contributed by atoms with Crippen molar-refractivity contribution in [2.75, 3.05) is 26.7 Å². The Labute approximate surface area is 78.2 Å². The van der Waals surface area contributed by atoms with E-state index in [1.54, 1.807) is 0 Å². The molecule has 2 unspecified atom stereocenters. The zero-order chi connectivity index (χ0) is 9.26. The second-order valence-corrected chi connectivity index (χ2v) is 3.88. The molecule has 3 rings (SSSR count). The van der Waals surface area contributed by atoms with Gasteiger partial charge in [-0.1, -0.05) is 0 Å². The Morgan fingerprint density at radius 1 is 1.46 bits per heavy atom. The molecule has 0 spiro atoms. The van der Waals surface area contributed by atoms with Crippen LogP contribution in [0.1, 0.15) is 12.8 Å². The molecule has 1 N–H and O–H groups in total. The summed E-state index contributed by atoms with van der Waals surface area (Å²) in [6.07, 6.45) is 2.19. The molecule has 3 aliphatic heterocycles. The first-order chi connectivity index (χ1) is 6.31. The molecular weight excluding hydrogens is 168 g/mol. The fourth-order valence-corrected chi connectivity index (χ4v) is 2.28. The molecule has 3 fully saturated rings. The third-order valence-electron chi connectivity index (χ3n) is 3.03. The molecule has 4 heteroatoms. The first-order valence-corrected chi connectivity index (χ1v) is 4.86. The molecule has 2 atom stereocenters.